The fourth-order valence-electron chi connectivity index (χ4n) is 2.13. The third-order valence-corrected chi connectivity index (χ3v) is 3.42. The molecular formula is C17H28O4. The lowest BCUT2D eigenvalue weighted by Gasteiger charge is -2.22. The Bertz CT molecular complexity index is 354. The zero-order valence-corrected chi connectivity index (χ0v) is 13.4. The molecule has 4 nitrogen and oxygen atoms in total. The second kappa shape index (κ2) is 10.6. The highest BCUT2D eigenvalue weighted by Crippen LogP contribution is 2.16. The molecule has 1 saturated heterocycles. The van der Waals surface area contributed by atoms with E-state index in [9.17, 15) is 4.79 Å². The fourth-order valence-corrected chi connectivity index (χ4v) is 2.13. The van der Waals surface area contributed by atoms with Crippen molar-refractivity contribution in [3.8, 4) is 0 Å². The van der Waals surface area contributed by atoms with E-state index in [-0.39, 0.29) is 12.3 Å². The van der Waals surface area contributed by atoms with Gasteiger partial charge < -0.3 is 14.2 Å². The minimum absolute atomic E-state index is 0.0306. The SMILES string of the molecule is C=C(CCOC1CCCCO1)CC/C(C)=C\C(=O)OCC. The normalized spacial score (nSPS) is 19.3. The number of hydrogen-bond donors (Lipinski definition) is 0. The lowest BCUT2D eigenvalue weighted by Crippen LogP contribution is -2.22. The molecule has 0 saturated carbocycles. The molecule has 0 radical (unpaired) electrons. The van der Waals surface area contributed by atoms with Gasteiger partial charge in [0.05, 0.1) is 13.2 Å². The van der Waals surface area contributed by atoms with Gasteiger partial charge in [-0.2, -0.15) is 0 Å². The lowest BCUT2D eigenvalue weighted by molar-refractivity contribution is -0.161. The van der Waals surface area contributed by atoms with E-state index < -0.39 is 0 Å². The standard InChI is InChI=1S/C17H28O4/c1-4-19-16(18)13-15(3)9-8-14(2)10-12-21-17-7-5-6-11-20-17/h13,17H,2,4-12H2,1,3H3/b15-13-. The minimum Gasteiger partial charge on any atom is -0.463 e. The van der Waals surface area contributed by atoms with Crippen LogP contribution >= 0.6 is 0 Å². The van der Waals surface area contributed by atoms with Crippen LogP contribution in [0.2, 0.25) is 0 Å². The molecule has 1 rings (SSSR count). The first kappa shape index (κ1) is 17.9. The van der Waals surface area contributed by atoms with Gasteiger partial charge in [-0.1, -0.05) is 17.7 Å². The highest BCUT2D eigenvalue weighted by Gasteiger charge is 2.13. The second-order valence-corrected chi connectivity index (χ2v) is 5.41. The van der Waals surface area contributed by atoms with Crippen LogP contribution in [-0.2, 0) is 19.0 Å². The monoisotopic (exact) mass is 296 g/mol. The van der Waals surface area contributed by atoms with Crippen LogP contribution in [0.3, 0.4) is 0 Å². The molecule has 0 N–H and O–H groups in total. The third-order valence-electron chi connectivity index (χ3n) is 3.42. The van der Waals surface area contributed by atoms with E-state index in [0.29, 0.717) is 13.2 Å². The summed E-state index contributed by atoms with van der Waals surface area (Å²) in [4.78, 5) is 11.3. The summed E-state index contributed by atoms with van der Waals surface area (Å²) >= 11 is 0. The van der Waals surface area contributed by atoms with Crippen molar-refractivity contribution in [3.63, 3.8) is 0 Å². The summed E-state index contributed by atoms with van der Waals surface area (Å²) in [5.74, 6) is -0.265. The first-order chi connectivity index (χ1) is 10.1. The number of ether oxygens (including phenoxy) is 3. The van der Waals surface area contributed by atoms with Crippen molar-refractivity contribution in [3.05, 3.63) is 23.8 Å². The van der Waals surface area contributed by atoms with Gasteiger partial charge in [0.15, 0.2) is 6.29 Å². The van der Waals surface area contributed by atoms with Crippen molar-refractivity contribution in [1.29, 1.82) is 0 Å². The van der Waals surface area contributed by atoms with Gasteiger partial charge in [-0.25, -0.2) is 4.79 Å². The van der Waals surface area contributed by atoms with Crippen LogP contribution in [-0.4, -0.2) is 32.1 Å². The van der Waals surface area contributed by atoms with Gasteiger partial charge in [0.1, 0.15) is 0 Å². The molecule has 0 bridgehead atoms. The average molecular weight is 296 g/mol. The van der Waals surface area contributed by atoms with Crippen LogP contribution in [0.15, 0.2) is 23.8 Å². The number of esters is 1. The predicted octanol–water partition coefficient (Wildman–Crippen LogP) is 3.77. The van der Waals surface area contributed by atoms with Gasteiger partial charge in [0, 0.05) is 12.7 Å². The molecule has 0 aromatic carbocycles. The van der Waals surface area contributed by atoms with Crippen molar-refractivity contribution < 1.29 is 19.0 Å². The van der Waals surface area contributed by atoms with Crippen molar-refractivity contribution in [2.75, 3.05) is 19.8 Å². The summed E-state index contributed by atoms with van der Waals surface area (Å²) in [6.45, 7) is 9.68. The van der Waals surface area contributed by atoms with E-state index in [1.54, 1.807) is 13.0 Å². The molecule has 0 aromatic rings. The summed E-state index contributed by atoms with van der Waals surface area (Å²) in [7, 11) is 0. The van der Waals surface area contributed by atoms with E-state index in [2.05, 4.69) is 6.58 Å². The molecule has 0 aromatic heterocycles. The predicted molar refractivity (Wildman–Crippen MR) is 82.9 cm³/mol. The van der Waals surface area contributed by atoms with E-state index in [0.717, 1.165) is 49.9 Å². The Balaban J connectivity index is 2.11. The van der Waals surface area contributed by atoms with E-state index in [1.807, 2.05) is 6.92 Å². The van der Waals surface area contributed by atoms with Crippen molar-refractivity contribution in [2.24, 2.45) is 0 Å². The number of hydrogen-bond acceptors (Lipinski definition) is 4. The minimum atomic E-state index is -0.265. The number of rotatable bonds is 9. The zero-order valence-electron chi connectivity index (χ0n) is 13.4. The summed E-state index contributed by atoms with van der Waals surface area (Å²) < 4.78 is 16.1. The molecule has 1 atom stereocenters. The Morgan fingerprint density at radius 2 is 2.14 bits per heavy atom. The Kier molecular flexibility index (Phi) is 9.02. The molecule has 1 aliphatic heterocycles. The third kappa shape index (κ3) is 8.68. The first-order valence-electron chi connectivity index (χ1n) is 7.85. The van der Waals surface area contributed by atoms with Gasteiger partial charge in [-0.05, 0) is 52.4 Å². The lowest BCUT2D eigenvalue weighted by atomic mass is 10.0. The molecule has 0 amide bonds. The maximum atomic E-state index is 11.3. The summed E-state index contributed by atoms with van der Waals surface area (Å²) in [5, 5.41) is 0. The van der Waals surface area contributed by atoms with Gasteiger partial charge in [-0.15, -0.1) is 0 Å². The Labute approximate surface area is 128 Å². The Hall–Kier alpha value is -1.13. The molecule has 1 unspecified atom stereocenters. The smallest absolute Gasteiger partial charge is 0.330 e. The van der Waals surface area contributed by atoms with Crippen LogP contribution in [0.4, 0.5) is 0 Å². The van der Waals surface area contributed by atoms with E-state index in [1.165, 1.54) is 6.42 Å². The van der Waals surface area contributed by atoms with Crippen LogP contribution in [0.5, 0.6) is 0 Å². The molecule has 120 valence electrons. The maximum Gasteiger partial charge on any atom is 0.330 e. The highest BCUT2D eigenvalue weighted by atomic mass is 16.7. The molecule has 1 heterocycles. The van der Waals surface area contributed by atoms with Gasteiger partial charge in [0.2, 0.25) is 0 Å². The number of allylic oxidation sites excluding steroid dienone is 1. The van der Waals surface area contributed by atoms with E-state index in [4.69, 9.17) is 14.2 Å². The molecule has 1 aliphatic rings. The van der Waals surface area contributed by atoms with E-state index >= 15 is 0 Å². The quantitative estimate of drug-likeness (QED) is 0.369. The highest BCUT2D eigenvalue weighted by molar-refractivity contribution is 5.82. The topological polar surface area (TPSA) is 44.8 Å². The molecule has 1 fully saturated rings. The molecule has 21 heavy (non-hydrogen) atoms. The Morgan fingerprint density at radius 1 is 1.33 bits per heavy atom. The van der Waals surface area contributed by atoms with Crippen LogP contribution in [0, 0.1) is 0 Å². The van der Waals surface area contributed by atoms with Crippen LogP contribution in [0.1, 0.15) is 52.4 Å². The molecule has 4 heteroatoms. The van der Waals surface area contributed by atoms with Crippen molar-refractivity contribution in [1.82, 2.24) is 0 Å². The first-order valence-corrected chi connectivity index (χ1v) is 7.85. The van der Waals surface area contributed by atoms with Gasteiger partial charge >= 0.3 is 5.97 Å². The maximum absolute atomic E-state index is 11.3. The average Bonchev–Trinajstić information content (AvgIpc) is 2.46. The molecule has 0 spiro atoms. The van der Waals surface area contributed by atoms with Crippen LogP contribution < -0.4 is 0 Å². The van der Waals surface area contributed by atoms with Crippen LogP contribution in [0.25, 0.3) is 0 Å². The molecule has 0 aliphatic carbocycles. The zero-order chi connectivity index (χ0) is 15.5. The number of carbonyl (C=O) groups excluding carboxylic acids is 1. The number of carbonyl (C=O) groups is 1. The van der Waals surface area contributed by atoms with Gasteiger partial charge in [-0.3, -0.25) is 0 Å². The Morgan fingerprint density at radius 3 is 2.81 bits per heavy atom. The largest absolute Gasteiger partial charge is 0.463 e. The van der Waals surface area contributed by atoms with Gasteiger partial charge in [0.25, 0.3) is 0 Å². The summed E-state index contributed by atoms with van der Waals surface area (Å²) in [5.41, 5.74) is 2.16. The van der Waals surface area contributed by atoms with Crippen molar-refractivity contribution >= 4 is 5.97 Å². The molecular weight excluding hydrogens is 268 g/mol. The summed E-state index contributed by atoms with van der Waals surface area (Å²) in [6.07, 6.45) is 7.39. The summed E-state index contributed by atoms with van der Waals surface area (Å²) in [6, 6.07) is 0. The fraction of sp³-hybridized carbons (Fsp3) is 0.706. The second-order valence-electron chi connectivity index (χ2n) is 5.41. The van der Waals surface area contributed by atoms with Crippen molar-refractivity contribution in [2.45, 2.75) is 58.7 Å².